The van der Waals surface area contributed by atoms with E-state index in [4.69, 9.17) is 25.8 Å². The Hall–Kier alpha value is -3.56. The van der Waals surface area contributed by atoms with E-state index < -0.39 is 6.09 Å². The number of fused-ring (bicyclic) bond motifs is 3. The highest BCUT2D eigenvalue weighted by atomic mass is 35.5. The van der Waals surface area contributed by atoms with Crippen LogP contribution in [-0.4, -0.2) is 39.1 Å². The summed E-state index contributed by atoms with van der Waals surface area (Å²) >= 11 is 6.05. The lowest BCUT2D eigenvalue weighted by Crippen LogP contribution is -2.16. The highest BCUT2D eigenvalue weighted by Gasteiger charge is 2.16. The number of halogens is 1. The Kier molecular flexibility index (Phi) is 5.65. The monoisotopic (exact) mass is 467 g/mol. The van der Waals surface area contributed by atoms with Crippen LogP contribution in [-0.2, 0) is 36.3 Å². The summed E-state index contributed by atoms with van der Waals surface area (Å²) in [6.45, 7) is 2.00. The predicted molar refractivity (Wildman–Crippen MR) is 123 cm³/mol. The predicted octanol–water partition coefficient (Wildman–Crippen LogP) is 4.38. The highest BCUT2D eigenvalue weighted by Crippen LogP contribution is 2.32. The minimum atomic E-state index is -0.562. The summed E-state index contributed by atoms with van der Waals surface area (Å²) in [6, 6.07) is 12.8. The molecule has 0 aliphatic carbocycles. The molecule has 0 bridgehead atoms. The molecule has 5 rings (SSSR count). The Bertz CT molecular complexity index is 1350. The molecule has 0 radical (unpaired) electrons. The smallest absolute Gasteiger partial charge is 0.412 e. The van der Waals surface area contributed by atoms with Crippen molar-refractivity contribution in [3.05, 3.63) is 59.0 Å². The van der Waals surface area contributed by atoms with Crippen LogP contribution in [0.25, 0.3) is 22.3 Å². The first-order valence-electron chi connectivity index (χ1n) is 10.4. The molecule has 4 aromatic rings. The van der Waals surface area contributed by atoms with E-state index in [9.17, 15) is 4.79 Å². The third-order valence-corrected chi connectivity index (χ3v) is 5.77. The molecule has 0 atom stereocenters. The summed E-state index contributed by atoms with van der Waals surface area (Å²) in [4.78, 5) is 17.0. The number of carbonyl (C=O) groups excluding carboxylic acids is 1. The number of imidazole rings is 1. The van der Waals surface area contributed by atoms with Crippen molar-refractivity contribution in [3.63, 3.8) is 0 Å². The third kappa shape index (κ3) is 4.24. The van der Waals surface area contributed by atoms with Gasteiger partial charge in [0.05, 0.1) is 36.1 Å². The molecule has 9 nitrogen and oxygen atoms in total. The SMILES string of the molecule is COc1cc(Cl)ccc1-c1cc(COC(=O)Nc2ccc3c(c2)nc2n3CCOC2)n(C)n1. The summed E-state index contributed by atoms with van der Waals surface area (Å²) in [5, 5.41) is 7.85. The van der Waals surface area contributed by atoms with E-state index >= 15 is 0 Å². The number of hydrogen-bond acceptors (Lipinski definition) is 6. The number of nitrogens with one attached hydrogen (secondary N) is 1. The first kappa shape index (κ1) is 21.3. The van der Waals surface area contributed by atoms with Crippen LogP contribution in [0.5, 0.6) is 5.75 Å². The molecular formula is C23H22ClN5O4. The van der Waals surface area contributed by atoms with Crippen molar-refractivity contribution in [2.45, 2.75) is 19.8 Å². The first-order chi connectivity index (χ1) is 16.0. The van der Waals surface area contributed by atoms with Gasteiger partial charge in [0.1, 0.15) is 24.8 Å². The van der Waals surface area contributed by atoms with Gasteiger partial charge in [0.25, 0.3) is 0 Å². The summed E-state index contributed by atoms with van der Waals surface area (Å²) in [5.74, 6) is 1.51. The number of hydrogen-bond donors (Lipinski definition) is 1. The lowest BCUT2D eigenvalue weighted by Gasteiger charge is -2.14. The molecule has 0 fully saturated rings. The molecule has 2 aromatic carbocycles. The van der Waals surface area contributed by atoms with Gasteiger partial charge in [0, 0.05) is 29.9 Å². The number of rotatable bonds is 5. The lowest BCUT2D eigenvalue weighted by molar-refractivity contribution is 0.0830. The van der Waals surface area contributed by atoms with Gasteiger partial charge in [-0.3, -0.25) is 10.00 Å². The fourth-order valence-electron chi connectivity index (χ4n) is 3.88. The van der Waals surface area contributed by atoms with E-state index in [1.807, 2.05) is 30.3 Å². The molecule has 10 heteroatoms. The molecule has 170 valence electrons. The zero-order chi connectivity index (χ0) is 22.9. The van der Waals surface area contributed by atoms with Crippen molar-refractivity contribution in [2.24, 2.45) is 7.05 Å². The van der Waals surface area contributed by atoms with Crippen molar-refractivity contribution in [3.8, 4) is 17.0 Å². The number of anilines is 1. The van der Waals surface area contributed by atoms with Gasteiger partial charge in [-0.15, -0.1) is 0 Å². The maximum Gasteiger partial charge on any atom is 0.412 e. The van der Waals surface area contributed by atoms with Crippen molar-refractivity contribution in [1.29, 1.82) is 0 Å². The minimum absolute atomic E-state index is 0.0591. The standard InChI is InChI=1S/C23H22ClN5O4/c1-28-16(11-18(27-28)17-5-3-14(24)9-21(17)31-2)12-33-23(30)25-15-4-6-20-19(10-15)26-22-13-32-8-7-29(20)22/h3-6,9-11H,7-8,12-13H2,1-2H3,(H,25,30). The van der Waals surface area contributed by atoms with E-state index in [0.717, 1.165) is 34.7 Å². The van der Waals surface area contributed by atoms with Crippen LogP contribution in [0.15, 0.2) is 42.5 Å². The Balaban J connectivity index is 1.26. The fraction of sp³-hybridized carbons (Fsp3) is 0.261. The second kappa shape index (κ2) is 8.76. The molecule has 1 aliphatic heterocycles. The van der Waals surface area contributed by atoms with Crippen LogP contribution in [0.4, 0.5) is 10.5 Å². The highest BCUT2D eigenvalue weighted by molar-refractivity contribution is 6.30. The number of ether oxygens (including phenoxy) is 3. The van der Waals surface area contributed by atoms with Gasteiger partial charge in [0.2, 0.25) is 0 Å². The van der Waals surface area contributed by atoms with Crippen LogP contribution in [0.3, 0.4) is 0 Å². The number of benzene rings is 2. The van der Waals surface area contributed by atoms with Crippen LogP contribution >= 0.6 is 11.6 Å². The molecule has 0 spiro atoms. The number of amides is 1. The summed E-state index contributed by atoms with van der Waals surface area (Å²) in [6.07, 6.45) is -0.562. The van der Waals surface area contributed by atoms with Gasteiger partial charge in [-0.1, -0.05) is 11.6 Å². The van der Waals surface area contributed by atoms with Crippen LogP contribution in [0.1, 0.15) is 11.5 Å². The molecule has 0 saturated carbocycles. The quantitative estimate of drug-likeness (QED) is 0.468. The average Bonchev–Trinajstić information content (AvgIpc) is 3.37. The third-order valence-electron chi connectivity index (χ3n) is 5.53. The van der Waals surface area contributed by atoms with Crippen LogP contribution < -0.4 is 10.1 Å². The first-order valence-corrected chi connectivity index (χ1v) is 10.8. The lowest BCUT2D eigenvalue weighted by atomic mass is 10.1. The molecule has 1 N–H and O–H groups in total. The molecule has 3 heterocycles. The maximum atomic E-state index is 12.4. The topological polar surface area (TPSA) is 92.4 Å². The van der Waals surface area contributed by atoms with Gasteiger partial charge in [-0.25, -0.2) is 9.78 Å². The number of nitrogens with zero attached hydrogens (tertiary/aromatic N) is 4. The summed E-state index contributed by atoms with van der Waals surface area (Å²) < 4.78 is 20.1. The Labute approximate surface area is 194 Å². The van der Waals surface area contributed by atoms with E-state index in [-0.39, 0.29) is 6.61 Å². The number of aromatic nitrogens is 4. The van der Waals surface area contributed by atoms with E-state index in [1.54, 1.807) is 31.0 Å². The molecule has 0 unspecified atom stereocenters. The number of methoxy groups -OCH3 is 1. The van der Waals surface area contributed by atoms with Gasteiger partial charge in [0.15, 0.2) is 0 Å². The van der Waals surface area contributed by atoms with Crippen molar-refractivity contribution >= 4 is 34.4 Å². The average molecular weight is 468 g/mol. The zero-order valence-electron chi connectivity index (χ0n) is 18.2. The van der Waals surface area contributed by atoms with Crippen LogP contribution in [0.2, 0.25) is 5.02 Å². The number of aryl methyl sites for hydroxylation is 1. The van der Waals surface area contributed by atoms with Crippen molar-refractivity contribution in [2.75, 3.05) is 19.0 Å². The molecular weight excluding hydrogens is 446 g/mol. The Morgan fingerprint density at radius 3 is 2.97 bits per heavy atom. The number of carbonyl (C=O) groups is 1. The molecule has 1 aliphatic rings. The fourth-order valence-corrected chi connectivity index (χ4v) is 4.04. The van der Waals surface area contributed by atoms with Gasteiger partial charge < -0.3 is 18.8 Å². The molecule has 0 saturated heterocycles. The molecule has 2 aromatic heterocycles. The van der Waals surface area contributed by atoms with E-state index in [2.05, 4.69) is 20.0 Å². The van der Waals surface area contributed by atoms with Gasteiger partial charge in [-0.05, 0) is 42.5 Å². The molecule has 1 amide bonds. The Morgan fingerprint density at radius 2 is 2.12 bits per heavy atom. The maximum absolute atomic E-state index is 12.4. The summed E-state index contributed by atoms with van der Waals surface area (Å²) in [5.41, 5.74) is 4.67. The van der Waals surface area contributed by atoms with E-state index in [1.165, 1.54) is 0 Å². The second-order valence-corrected chi connectivity index (χ2v) is 8.06. The summed E-state index contributed by atoms with van der Waals surface area (Å²) in [7, 11) is 3.37. The van der Waals surface area contributed by atoms with Gasteiger partial charge in [-0.2, -0.15) is 5.10 Å². The largest absolute Gasteiger partial charge is 0.496 e. The zero-order valence-corrected chi connectivity index (χ0v) is 18.9. The normalized spacial score (nSPS) is 13.1. The van der Waals surface area contributed by atoms with Crippen molar-refractivity contribution < 1.29 is 19.0 Å². The second-order valence-electron chi connectivity index (χ2n) is 7.63. The Morgan fingerprint density at radius 1 is 1.24 bits per heavy atom. The van der Waals surface area contributed by atoms with Crippen LogP contribution in [0, 0.1) is 0 Å². The van der Waals surface area contributed by atoms with Crippen molar-refractivity contribution in [1.82, 2.24) is 19.3 Å². The van der Waals surface area contributed by atoms with E-state index in [0.29, 0.717) is 35.4 Å². The van der Waals surface area contributed by atoms with Gasteiger partial charge >= 0.3 is 6.09 Å². The minimum Gasteiger partial charge on any atom is -0.496 e. The molecule has 33 heavy (non-hydrogen) atoms.